The molecule has 1 aliphatic rings. The summed E-state index contributed by atoms with van der Waals surface area (Å²) in [5, 5.41) is 6.89. The standard InChI is InChI=1S/C18H30N4.HI/c1-19-18(21-14-17-11-7-13-22(2)15-17)20-12-6-10-16-8-4-3-5-9-16;/h3-5,8-9,17H,6-7,10-15H2,1-2H3,(H2,19,20,21);1H. The van der Waals surface area contributed by atoms with E-state index in [1.54, 1.807) is 0 Å². The van der Waals surface area contributed by atoms with Crippen molar-refractivity contribution in [2.75, 3.05) is 40.3 Å². The summed E-state index contributed by atoms with van der Waals surface area (Å²) in [4.78, 5) is 6.74. The van der Waals surface area contributed by atoms with Gasteiger partial charge in [-0.2, -0.15) is 0 Å². The van der Waals surface area contributed by atoms with Gasteiger partial charge >= 0.3 is 0 Å². The molecule has 5 heteroatoms. The Labute approximate surface area is 158 Å². The first-order valence-electron chi connectivity index (χ1n) is 8.45. The summed E-state index contributed by atoms with van der Waals surface area (Å²) in [6.07, 6.45) is 4.86. The van der Waals surface area contributed by atoms with Gasteiger partial charge in [0.15, 0.2) is 5.96 Å². The molecule has 1 aliphatic heterocycles. The molecule has 0 radical (unpaired) electrons. The number of guanidine groups is 1. The van der Waals surface area contributed by atoms with Crippen molar-refractivity contribution in [2.24, 2.45) is 10.9 Å². The lowest BCUT2D eigenvalue weighted by Crippen LogP contribution is -2.43. The van der Waals surface area contributed by atoms with E-state index in [0.717, 1.165) is 37.8 Å². The molecule has 23 heavy (non-hydrogen) atoms. The summed E-state index contributed by atoms with van der Waals surface area (Å²) >= 11 is 0. The van der Waals surface area contributed by atoms with Crippen molar-refractivity contribution in [1.29, 1.82) is 0 Å². The van der Waals surface area contributed by atoms with E-state index in [4.69, 9.17) is 0 Å². The fourth-order valence-electron chi connectivity index (χ4n) is 3.05. The van der Waals surface area contributed by atoms with Gasteiger partial charge in [-0.3, -0.25) is 4.99 Å². The highest BCUT2D eigenvalue weighted by atomic mass is 127. The Bertz CT molecular complexity index is 450. The van der Waals surface area contributed by atoms with Gasteiger partial charge in [0.2, 0.25) is 0 Å². The Morgan fingerprint density at radius 2 is 2.04 bits per heavy atom. The monoisotopic (exact) mass is 430 g/mol. The van der Waals surface area contributed by atoms with E-state index < -0.39 is 0 Å². The molecule has 1 saturated heterocycles. The molecule has 1 aromatic carbocycles. The number of likely N-dealkylation sites (tertiary alicyclic amines) is 1. The minimum Gasteiger partial charge on any atom is -0.356 e. The van der Waals surface area contributed by atoms with Crippen LogP contribution in [0.25, 0.3) is 0 Å². The maximum absolute atomic E-state index is 4.32. The van der Waals surface area contributed by atoms with E-state index in [1.807, 2.05) is 7.05 Å². The van der Waals surface area contributed by atoms with E-state index in [-0.39, 0.29) is 24.0 Å². The van der Waals surface area contributed by atoms with Crippen molar-refractivity contribution in [2.45, 2.75) is 25.7 Å². The first kappa shape index (κ1) is 20.2. The Morgan fingerprint density at radius 1 is 1.26 bits per heavy atom. The van der Waals surface area contributed by atoms with Gasteiger partial charge in [-0.05, 0) is 50.8 Å². The molecule has 0 aliphatic carbocycles. The third-order valence-corrected chi connectivity index (χ3v) is 4.28. The van der Waals surface area contributed by atoms with E-state index in [1.165, 1.54) is 31.5 Å². The summed E-state index contributed by atoms with van der Waals surface area (Å²) in [6, 6.07) is 10.6. The smallest absolute Gasteiger partial charge is 0.190 e. The molecule has 1 unspecified atom stereocenters. The number of rotatable bonds is 6. The van der Waals surface area contributed by atoms with Crippen LogP contribution in [0.4, 0.5) is 0 Å². The highest BCUT2D eigenvalue weighted by Crippen LogP contribution is 2.13. The van der Waals surface area contributed by atoms with Gasteiger partial charge < -0.3 is 15.5 Å². The second-order valence-corrected chi connectivity index (χ2v) is 6.24. The molecule has 0 saturated carbocycles. The number of nitrogens with one attached hydrogen (secondary N) is 2. The largest absolute Gasteiger partial charge is 0.356 e. The fraction of sp³-hybridized carbons (Fsp3) is 0.611. The number of benzene rings is 1. The summed E-state index contributed by atoms with van der Waals surface area (Å²) < 4.78 is 0. The van der Waals surface area contributed by atoms with Crippen LogP contribution in [0.1, 0.15) is 24.8 Å². The fourth-order valence-corrected chi connectivity index (χ4v) is 3.05. The lowest BCUT2D eigenvalue weighted by atomic mass is 9.99. The number of aliphatic imine (C=N–C) groups is 1. The lowest BCUT2D eigenvalue weighted by molar-refractivity contribution is 0.210. The van der Waals surface area contributed by atoms with E-state index in [0.29, 0.717) is 0 Å². The van der Waals surface area contributed by atoms with Gasteiger partial charge in [0, 0.05) is 26.7 Å². The van der Waals surface area contributed by atoms with Crippen LogP contribution in [0.5, 0.6) is 0 Å². The molecule has 4 nitrogen and oxygen atoms in total. The quantitative estimate of drug-likeness (QED) is 0.316. The molecule has 0 spiro atoms. The van der Waals surface area contributed by atoms with Crippen LogP contribution in [0, 0.1) is 5.92 Å². The van der Waals surface area contributed by atoms with Crippen LogP contribution in [-0.4, -0.2) is 51.1 Å². The molecular weight excluding hydrogens is 399 g/mol. The number of aryl methyl sites for hydroxylation is 1. The second-order valence-electron chi connectivity index (χ2n) is 6.24. The summed E-state index contributed by atoms with van der Waals surface area (Å²) in [5.74, 6) is 1.67. The molecule has 0 amide bonds. The zero-order valence-corrected chi connectivity index (χ0v) is 16.8. The number of hydrogen-bond acceptors (Lipinski definition) is 2. The first-order valence-corrected chi connectivity index (χ1v) is 8.45. The third-order valence-electron chi connectivity index (χ3n) is 4.28. The molecule has 130 valence electrons. The Balaban J connectivity index is 0.00000264. The van der Waals surface area contributed by atoms with Crippen molar-refractivity contribution in [3.63, 3.8) is 0 Å². The van der Waals surface area contributed by atoms with Crippen molar-refractivity contribution in [3.8, 4) is 0 Å². The van der Waals surface area contributed by atoms with Gasteiger partial charge in [0.25, 0.3) is 0 Å². The van der Waals surface area contributed by atoms with Crippen molar-refractivity contribution < 1.29 is 0 Å². The minimum absolute atomic E-state index is 0. The van der Waals surface area contributed by atoms with E-state index in [2.05, 4.69) is 57.9 Å². The van der Waals surface area contributed by atoms with Crippen LogP contribution in [-0.2, 0) is 6.42 Å². The van der Waals surface area contributed by atoms with Crippen LogP contribution in [0.15, 0.2) is 35.3 Å². The number of halogens is 1. The van der Waals surface area contributed by atoms with E-state index >= 15 is 0 Å². The molecule has 2 rings (SSSR count). The minimum atomic E-state index is 0. The number of nitrogens with zero attached hydrogens (tertiary/aromatic N) is 2. The molecule has 0 bridgehead atoms. The molecule has 1 heterocycles. The van der Waals surface area contributed by atoms with Crippen LogP contribution >= 0.6 is 24.0 Å². The predicted octanol–water partition coefficient (Wildman–Crippen LogP) is 2.74. The lowest BCUT2D eigenvalue weighted by Gasteiger charge is -2.30. The highest BCUT2D eigenvalue weighted by Gasteiger charge is 2.16. The van der Waals surface area contributed by atoms with Crippen LogP contribution < -0.4 is 10.6 Å². The van der Waals surface area contributed by atoms with Crippen molar-refractivity contribution in [1.82, 2.24) is 15.5 Å². The Kier molecular flexibility index (Phi) is 10.3. The average Bonchev–Trinajstić information content (AvgIpc) is 2.55. The maximum Gasteiger partial charge on any atom is 0.190 e. The first-order chi connectivity index (χ1) is 10.8. The zero-order chi connectivity index (χ0) is 15.6. The van der Waals surface area contributed by atoms with E-state index in [9.17, 15) is 0 Å². The van der Waals surface area contributed by atoms with Crippen LogP contribution in [0.2, 0.25) is 0 Å². The van der Waals surface area contributed by atoms with Gasteiger partial charge in [-0.25, -0.2) is 0 Å². The highest BCUT2D eigenvalue weighted by molar-refractivity contribution is 14.0. The molecular formula is C18H31IN4. The normalized spacial score (nSPS) is 19.0. The van der Waals surface area contributed by atoms with Crippen molar-refractivity contribution in [3.05, 3.63) is 35.9 Å². The zero-order valence-electron chi connectivity index (χ0n) is 14.4. The Morgan fingerprint density at radius 3 is 2.74 bits per heavy atom. The van der Waals surface area contributed by atoms with Gasteiger partial charge in [-0.15, -0.1) is 24.0 Å². The average molecular weight is 430 g/mol. The molecule has 0 aromatic heterocycles. The molecule has 1 aromatic rings. The van der Waals surface area contributed by atoms with Gasteiger partial charge in [-0.1, -0.05) is 30.3 Å². The second kappa shape index (κ2) is 11.7. The summed E-state index contributed by atoms with van der Waals surface area (Å²) in [6.45, 7) is 4.41. The topological polar surface area (TPSA) is 39.7 Å². The third kappa shape index (κ3) is 8.01. The van der Waals surface area contributed by atoms with Gasteiger partial charge in [0.05, 0.1) is 0 Å². The molecule has 1 fully saturated rings. The number of hydrogen-bond donors (Lipinski definition) is 2. The number of piperidine rings is 1. The maximum atomic E-state index is 4.32. The van der Waals surface area contributed by atoms with Crippen LogP contribution in [0.3, 0.4) is 0 Å². The molecule has 2 N–H and O–H groups in total. The van der Waals surface area contributed by atoms with Crippen molar-refractivity contribution >= 4 is 29.9 Å². The molecule has 1 atom stereocenters. The summed E-state index contributed by atoms with van der Waals surface area (Å²) in [7, 11) is 4.06. The SMILES string of the molecule is CN=C(NCCCc1ccccc1)NCC1CCCN(C)C1.I. The van der Waals surface area contributed by atoms with Gasteiger partial charge in [0.1, 0.15) is 0 Å². The Hall–Kier alpha value is -0.820. The summed E-state index contributed by atoms with van der Waals surface area (Å²) in [5.41, 5.74) is 1.40. The predicted molar refractivity (Wildman–Crippen MR) is 110 cm³/mol.